The van der Waals surface area contributed by atoms with Gasteiger partial charge in [0.1, 0.15) is 6.61 Å². The van der Waals surface area contributed by atoms with Crippen LogP contribution in [0, 0.1) is 10.8 Å². The summed E-state index contributed by atoms with van der Waals surface area (Å²) in [7, 11) is 0. The molecule has 0 aliphatic heterocycles. The predicted octanol–water partition coefficient (Wildman–Crippen LogP) is -0.924. The van der Waals surface area contributed by atoms with Crippen LogP contribution in [0.5, 0.6) is 0 Å². The molecule has 0 rings (SSSR count). The van der Waals surface area contributed by atoms with Gasteiger partial charge in [0.05, 0.1) is 45.1 Å². The van der Waals surface area contributed by atoms with Crippen LogP contribution in [-0.4, -0.2) is 93.9 Å². The van der Waals surface area contributed by atoms with E-state index in [0.29, 0.717) is 6.42 Å². The summed E-state index contributed by atoms with van der Waals surface area (Å²) >= 11 is 0. The number of hydrogen-bond acceptors (Lipinski definition) is 9. The fraction of sp³-hybridized carbons (Fsp3) is 0.684. The summed E-state index contributed by atoms with van der Waals surface area (Å²) in [5.74, 6) is -1.54. The average molecular weight is 424 g/mol. The molecule has 0 heterocycles. The lowest BCUT2D eigenvalue weighted by Gasteiger charge is -2.26. The molecule has 0 unspecified atom stereocenters. The first-order valence-electron chi connectivity index (χ1n) is 8.76. The Morgan fingerprint density at radius 3 is 1.21 bits per heavy atom. The van der Waals surface area contributed by atoms with E-state index >= 15 is 0 Å². The van der Waals surface area contributed by atoms with Gasteiger partial charge in [0.25, 0.3) is 0 Å². The summed E-state index contributed by atoms with van der Waals surface area (Å²) in [4.78, 5) is 20.6. The van der Waals surface area contributed by atoms with Crippen molar-refractivity contribution in [3.05, 3.63) is 24.3 Å². The van der Waals surface area contributed by atoms with Gasteiger partial charge >= 0.3 is 11.9 Å². The average Bonchev–Trinajstić information content (AvgIpc) is 2.72. The molecule has 0 fully saturated rings. The Morgan fingerprint density at radius 1 is 0.759 bits per heavy atom. The molecule has 0 saturated carbocycles. The molecule has 0 aromatic rings. The molecule has 0 spiro atoms. The number of ether oxygens (including phenoxy) is 1. The number of carboxylic acids is 1. The monoisotopic (exact) mass is 424 g/mol. The van der Waals surface area contributed by atoms with Crippen LogP contribution in [-0.2, 0) is 14.3 Å². The minimum Gasteiger partial charge on any atom is -0.478 e. The van der Waals surface area contributed by atoms with Gasteiger partial charge in [0, 0.05) is 16.6 Å². The Hall–Kier alpha value is -1.82. The van der Waals surface area contributed by atoms with E-state index < -0.39 is 42.6 Å². The first-order valence-corrected chi connectivity index (χ1v) is 8.76. The Bertz CT molecular complexity index is 455. The van der Waals surface area contributed by atoms with Crippen molar-refractivity contribution in [3.63, 3.8) is 0 Å². The van der Waals surface area contributed by atoms with E-state index in [9.17, 15) is 9.59 Å². The number of esters is 1. The SMILES string of the molecule is C=C(C)C(=O)O.C=C(C)C(=O)OCC(CO)(CO)CO.CCC(CO)(CO)CO. The number of rotatable bonds is 11. The molecule has 0 radical (unpaired) electrons. The maximum Gasteiger partial charge on any atom is 0.333 e. The lowest BCUT2D eigenvalue weighted by Crippen LogP contribution is -2.39. The highest BCUT2D eigenvalue weighted by molar-refractivity contribution is 5.87. The standard InChI is InChI=1S/C9H16O5.C6H14O3.C4H6O2/c1-7(2)8(13)14-6-9(3-10,4-11)5-12;1-2-6(3-7,4-8)5-9;1-3(2)4(5)6/h10-12H,1,3-6H2,2H3;7-9H,2-5H2,1H3;1H2,2H3,(H,5,6). The smallest absolute Gasteiger partial charge is 0.333 e. The van der Waals surface area contributed by atoms with Crippen molar-refractivity contribution in [2.45, 2.75) is 27.2 Å². The van der Waals surface area contributed by atoms with Crippen LogP contribution in [0.2, 0.25) is 0 Å². The highest BCUT2D eigenvalue weighted by Gasteiger charge is 2.30. The second-order valence-electron chi connectivity index (χ2n) is 6.74. The first-order chi connectivity index (χ1) is 13.4. The van der Waals surface area contributed by atoms with Crippen molar-refractivity contribution in [2.75, 3.05) is 46.2 Å². The first kappa shape index (κ1) is 31.9. The van der Waals surface area contributed by atoms with Crippen molar-refractivity contribution in [1.82, 2.24) is 0 Å². The largest absolute Gasteiger partial charge is 0.478 e. The Morgan fingerprint density at radius 2 is 1.07 bits per heavy atom. The topological polar surface area (TPSA) is 185 Å². The summed E-state index contributed by atoms with van der Waals surface area (Å²) in [6.45, 7) is 9.21. The lowest BCUT2D eigenvalue weighted by atomic mass is 9.88. The van der Waals surface area contributed by atoms with Crippen LogP contribution in [0.4, 0.5) is 0 Å². The molecule has 0 aromatic heterocycles. The van der Waals surface area contributed by atoms with Gasteiger partial charge in [-0.25, -0.2) is 9.59 Å². The van der Waals surface area contributed by atoms with Crippen LogP contribution < -0.4 is 0 Å². The lowest BCUT2D eigenvalue weighted by molar-refractivity contribution is -0.146. The molecule has 7 N–H and O–H groups in total. The summed E-state index contributed by atoms with van der Waals surface area (Å²) in [5.41, 5.74) is -1.44. The highest BCUT2D eigenvalue weighted by atomic mass is 16.5. The van der Waals surface area contributed by atoms with Crippen LogP contribution in [0.1, 0.15) is 27.2 Å². The van der Waals surface area contributed by atoms with E-state index in [-0.39, 0.29) is 37.6 Å². The van der Waals surface area contributed by atoms with Gasteiger partial charge in [0.15, 0.2) is 0 Å². The van der Waals surface area contributed by atoms with Crippen LogP contribution in [0.3, 0.4) is 0 Å². The fourth-order valence-electron chi connectivity index (χ4n) is 1.11. The number of carbonyl (C=O) groups is 2. The molecular weight excluding hydrogens is 388 g/mol. The van der Waals surface area contributed by atoms with Crippen molar-refractivity contribution in [1.29, 1.82) is 0 Å². The van der Waals surface area contributed by atoms with E-state index in [1.54, 1.807) is 0 Å². The number of aliphatic carboxylic acids is 1. The Balaban J connectivity index is -0.000000386. The van der Waals surface area contributed by atoms with E-state index in [0.717, 1.165) is 0 Å². The van der Waals surface area contributed by atoms with E-state index in [2.05, 4.69) is 13.2 Å². The molecule has 0 bridgehead atoms. The van der Waals surface area contributed by atoms with E-state index in [1.807, 2.05) is 6.92 Å². The zero-order chi connectivity index (χ0) is 23.7. The minimum absolute atomic E-state index is 0.156. The third-order valence-electron chi connectivity index (χ3n) is 3.99. The molecule has 0 aliphatic carbocycles. The second kappa shape index (κ2) is 17.1. The van der Waals surface area contributed by atoms with Crippen molar-refractivity contribution < 1.29 is 50.1 Å². The van der Waals surface area contributed by atoms with Crippen molar-refractivity contribution in [2.24, 2.45) is 10.8 Å². The number of carbonyl (C=O) groups excluding carboxylic acids is 1. The molecule has 10 heteroatoms. The zero-order valence-corrected chi connectivity index (χ0v) is 17.4. The van der Waals surface area contributed by atoms with Crippen LogP contribution in [0.15, 0.2) is 24.3 Å². The van der Waals surface area contributed by atoms with E-state index in [1.165, 1.54) is 13.8 Å². The summed E-state index contributed by atoms with van der Waals surface area (Å²) in [6.07, 6.45) is 0.594. The molecule has 10 nitrogen and oxygen atoms in total. The predicted molar refractivity (Wildman–Crippen MR) is 106 cm³/mol. The van der Waals surface area contributed by atoms with E-state index in [4.69, 9.17) is 40.5 Å². The van der Waals surface area contributed by atoms with Crippen LogP contribution >= 0.6 is 0 Å². The van der Waals surface area contributed by atoms with Crippen molar-refractivity contribution >= 4 is 11.9 Å². The quantitative estimate of drug-likeness (QED) is 0.161. The Kier molecular flexibility index (Phi) is 18.8. The number of aliphatic hydroxyl groups excluding tert-OH is 6. The zero-order valence-electron chi connectivity index (χ0n) is 17.4. The number of carboxylic acid groups (broad SMARTS) is 1. The van der Waals surface area contributed by atoms with Crippen LogP contribution in [0.25, 0.3) is 0 Å². The van der Waals surface area contributed by atoms with Gasteiger partial charge in [-0.15, -0.1) is 0 Å². The molecule has 29 heavy (non-hydrogen) atoms. The Labute approximate surface area is 171 Å². The second-order valence-corrected chi connectivity index (χ2v) is 6.74. The fourth-order valence-corrected chi connectivity index (χ4v) is 1.11. The summed E-state index contributed by atoms with van der Waals surface area (Å²) in [6, 6.07) is 0. The minimum atomic E-state index is -1.18. The van der Waals surface area contributed by atoms with Gasteiger partial charge < -0.3 is 40.5 Å². The third-order valence-corrected chi connectivity index (χ3v) is 3.99. The molecule has 0 aromatic carbocycles. The molecule has 0 amide bonds. The molecule has 0 atom stereocenters. The molecule has 172 valence electrons. The third kappa shape index (κ3) is 13.9. The van der Waals surface area contributed by atoms with Gasteiger partial charge in [-0.1, -0.05) is 20.1 Å². The normalized spacial score (nSPS) is 10.7. The highest BCUT2D eigenvalue weighted by Crippen LogP contribution is 2.18. The molecule has 0 saturated heterocycles. The molecule has 0 aliphatic rings. The molecular formula is C19H36O10. The van der Waals surface area contributed by atoms with Gasteiger partial charge in [-0.2, -0.15) is 0 Å². The van der Waals surface area contributed by atoms with Gasteiger partial charge in [-0.05, 0) is 20.3 Å². The van der Waals surface area contributed by atoms with Gasteiger partial charge in [0.2, 0.25) is 0 Å². The summed E-state index contributed by atoms with van der Waals surface area (Å²) in [5, 5.41) is 60.5. The number of aliphatic hydroxyl groups is 6. The maximum atomic E-state index is 11.0. The van der Waals surface area contributed by atoms with Gasteiger partial charge in [-0.3, -0.25) is 0 Å². The summed E-state index contributed by atoms with van der Waals surface area (Å²) < 4.78 is 4.72. The van der Waals surface area contributed by atoms with Crippen molar-refractivity contribution in [3.8, 4) is 0 Å². The maximum absolute atomic E-state index is 11.0. The number of hydrogen-bond donors (Lipinski definition) is 7.